The molecular weight excluding hydrogens is 221 g/mol. The van der Waals surface area contributed by atoms with E-state index in [9.17, 15) is 0 Å². The summed E-state index contributed by atoms with van der Waals surface area (Å²) in [5.74, 6) is 0.912. The first-order chi connectivity index (χ1) is 8.57. The van der Waals surface area contributed by atoms with Gasteiger partial charge in [-0.3, -0.25) is 0 Å². The molecule has 2 nitrogen and oxygen atoms in total. The second-order valence-corrected chi connectivity index (χ2v) is 5.41. The van der Waals surface area contributed by atoms with Crippen molar-refractivity contribution in [3.8, 4) is 5.75 Å². The third-order valence-electron chi connectivity index (χ3n) is 4.01. The second-order valence-electron chi connectivity index (χ2n) is 5.41. The van der Waals surface area contributed by atoms with Crippen LogP contribution in [0.3, 0.4) is 0 Å². The average Bonchev–Trinajstić information content (AvgIpc) is 2.38. The summed E-state index contributed by atoms with van der Waals surface area (Å²) in [6.07, 6.45) is 2.28. The summed E-state index contributed by atoms with van der Waals surface area (Å²) in [6, 6.07) is 6.22. The van der Waals surface area contributed by atoms with Gasteiger partial charge in [-0.05, 0) is 0 Å². The van der Waals surface area contributed by atoms with Gasteiger partial charge in [-0.1, -0.05) is 0 Å². The number of rotatable bonds is 3. The molecular formula is C15H21BNO. The zero-order chi connectivity index (χ0) is 13.2. The average molecular weight is 242 g/mol. The minimum absolute atomic E-state index is 0.190. The van der Waals surface area contributed by atoms with E-state index in [4.69, 9.17) is 12.2 Å². The van der Waals surface area contributed by atoms with Crippen molar-refractivity contribution in [2.75, 3.05) is 20.2 Å². The van der Waals surface area contributed by atoms with Gasteiger partial charge in [0.25, 0.3) is 0 Å². The Hall–Kier alpha value is -1.09. The number of benzene rings is 1. The number of methoxy groups -OCH3 is 1. The van der Waals surface area contributed by atoms with Crippen molar-refractivity contribution in [2.24, 2.45) is 0 Å². The van der Waals surface area contributed by atoms with Crippen molar-refractivity contribution in [1.82, 2.24) is 5.32 Å². The van der Waals surface area contributed by atoms with Crippen LogP contribution < -0.4 is 10.1 Å². The van der Waals surface area contributed by atoms with Crippen LogP contribution in [0.4, 0.5) is 0 Å². The Labute approximate surface area is 111 Å². The van der Waals surface area contributed by atoms with Crippen LogP contribution in [0, 0.1) is 0 Å². The fourth-order valence-corrected chi connectivity index (χ4v) is 2.74. The fourth-order valence-electron chi connectivity index (χ4n) is 2.74. The third kappa shape index (κ3) is 2.51. The van der Waals surface area contributed by atoms with Crippen molar-refractivity contribution in [2.45, 2.75) is 32.1 Å². The fraction of sp³-hybridized carbons (Fsp3) is 0.533. The van der Waals surface area contributed by atoms with E-state index in [0.29, 0.717) is 0 Å². The molecule has 95 valence electrons. The van der Waals surface area contributed by atoms with E-state index in [2.05, 4.69) is 24.4 Å². The maximum absolute atomic E-state index is 6.03. The first kappa shape index (κ1) is 13.3. The molecule has 0 saturated carbocycles. The number of piperidine rings is 1. The molecule has 3 heteroatoms. The van der Waals surface area contributed by atoms with E-state index in [-0.39, 0.29) is 5.41 Å². The number of hydrogen-bond donors (Lipinski definition) is 1. The van der Waals surface area contributed by atoms with Gasteiger partial charge in [-0.25, -0.2) is 0 Å². The Balaban J connectivity index is 2.48. The molecule has 1 heterocycles. The van der Waals surface area contributed by atoms with E-state index in [1.165, 1.54) is 11.1 Å². The molecule has 18 heavy (non-hydrogen) atoms. The van der Waals surface area contributed by atoms with Gasteiger partial charge in [-0.2, -0.15) is 0 Å². The molecule has 0 aliphatic carbocycles. The molecule has 1 radical (unpaired) electrons. The molecule has 1 N–H and O–H groups in total. The summed E-state index contributed by atoms with van der Waals surface area (Å²) in [7, 11) is 7.74. The van der Waals surface area contributed by atoms with Crippen LogP contribution >= 0.6 is 0 Å². The maximum atomic E-state index is 6.03. The zero-order valence-electron chi connectivity index (χ0n) is 11.5. The standard InChI is InChI=1S/C15H21BNO/c1-11(16)13-5-4-12(18-3)10-14(13)15(2)6-8-17-9-7-15/h4-5,10,17H,6-9H2,1-3H3. The SMILES string of the molecule is [B]=C(C)c1ccc(OC)cc1C1(C)CCNCC1. The molecule has 0 amide bonds. The van der Waals surface area contributed by atoms with Crippen molar-refractivity contribution in [1.29, 1.82) is 0 Å². The molecule has 0 bridgehead atoms. The van der Waals surface area contributed by atoms with Crippen molar-refractivity contribution in [3.63, 3.8) is 0 Å². The van der Waals surface area contributed by atoms with Crippen LogP contribution in [0.25, 0.3) is 0 Å². The van der Waals surface area contributed by atoms with E-state index >= 15 is 0 Å². The second kappa shape index (κ2) is 5.27. The summed E-state index contributed by atoms with van der Waals surface area (Å²) in [4.78, 5) is 0. The molecule has 0 spiro atoms. The Morgan fingerprint density at radius 2 is 2.00 bits per heavy atom. The minimum atomic E-state index is 0.190. The monoisotopic (exact) mass is 242 g/mol. The van der Waals surface area contributed by atoms with Crippen LogP contribution in [-0.4, -0.2) is 33.2 Å². The molecule has 1 fully saturated rings. The van der Waals surface area contributed by atoms with E-state index < -0.39 is 0 Å². The van der Waals surface area contributed by atoms with Gasteiger partial charge in [0.1, 0.15) is 0 Å². The van der Waals surface area contributed by atoms with Crippen LogP contribution in [-0.2, 0) is 5.41 Å². The topological polar surface area (TPSA) is 21.3 Å². The number of hydrogen-bond acceptors (Lipinski definition) is 2. The quantitative estimate of drug-likeness (QED) is 0.819. The van der Waals surface area contributed by atoms with Crippen LogP contribution in [0.15, 0.2) is 18.2 Å². The van der Waals surface area contributed by atoms with Gasteiger partial charge < -0.3 is 0 Å². The van der Waals surface area contributed by atoms with Gasteiger partial charge in [0.2, 0.25) is 0 Å². The molecule has 1 aromatic rings. The van der Waals surface area contributed by atoms with Crippen molar-refractivity contribution >= 4 is 13.0 Å². The Kier molecular flexibility index (Phi) is 3.91. The molecule has 1 aromatic carbocycles. The molecule has 1 aliphatic heterocycles. The van der Waals surface area contributed by atoms with Gasteiger partial charge >= 0.3 is 110 Å². The summed E-state index contributed by atoms with van der Waals surface area (Å²) in [5.41, 5.74) is 3.56. The summed E-state index contributed by atoms with van der Waals surface area (Å²) in [6.45, 7) is 6.43. The first-order valence-electron chi connectivity index (χ1n) is 6.55. The van der Waals surface area contributed by atoms with Gasteiger partial charge in [0, 0.05) is 0 Å². The molecule has 0 unspecified atom stereocenters. The molecule has 2 rings (SSSR count). The van der Waals surface area contributed by atoms with Gasteiger partial charge in [0.15, 0.2) is 0 Å². The van der Waals surface area contributed by atoms with Crippen molar-refractivity contribution in [3.05, 3.63) is 29.3 Å². The predicted octanol–water partition coefficient (Wildman–Crippen LogP) is 2.05. The van der Waals surface area contributed by atoms with Gasteiger partial charge in [-0.15, -0.1) is 0 Å². The van der Waals surface area contributed by atoms with Crippen LogP contribution in [0.5, 0.6) is 5.75 Å². The van der Waals surface area contributed by atoms with E-state index in [1.807, 2.05) is 13.0 Å². The number of ether oxygens (including phenoxy) is 1. The third-order valence-corrected chi connectivity index (χ3v) is 4.01. The Morgan fingerprint density at radius 1 is 1.33 bits per heavy atom. The summed E-state index contributed by atoms with van der Waals surface area (Å²) >= 11 is 0. The Bertz CT molecular complexity index is 450. The van der Waals surface area contributed by atoms with E-state index in [1.54, 1.807) is 7.11 Å². The summed E-state index contributed by atoms with van der Waals surface area (Å²) in [5, 5.41) is 3.42. The van der Waals surface area contributed by atoms with E-state index in [0.717, 1.165) is 37.1 Å². The number of nitrogens with one attached hydrogen (secondary N) is 1. The summed E-state index contributed by atoms with van der Waals surface area (Å²) < 4.78 is 5.36. The molecule has 0 aromatic heterocycles. The normalized spacial score (nSPS) is 18.3. The van der Waals surface area contributed by atoms with Crippen molar-refractivity contribution < 1.29 is 4.74 Å². The molecule has 1 aliphatic rings. The predicted molar refractivity (Wildman–Crippen MR) is 78.0 cm³/mol. The van der Waals surface area contributed by atoms with Gasteiger partial charge in [0.05, 0.1) is 0 Å². The van der Waals surface area contributed by atoms with Crippen LogP contribution in [0.1, 0.15) is 37.8 Å². The zero-order valence-corrected chi connectivity index (χ0v) is 11.5. The Morgan fingerprint density at radius 3 is 2.56 bits per heavy atom. The van der Waals surface area contributed by atoms with Crippen LogP contribution in [0.2, 0.25) is 0 Å². The first-order valence-corrected chi connectivity index (χ1v) is 6.55. The molecule has 1 saturated heterocycles. The molecule has 0 atom stereocenters.